The van der Waals surface area contributed by atoms with Crippen molar-refractivity contribution in [2.75, 3.05) is 6.61 Å². The van der Waals surface area contributed by atoms with Crippen LogP contribution in [0.2, 0.25) is 0 Å². The summed E-state index contributed by atoms with van der Waals surface area (Å²) < 4.78 is 33.7. The van der Waals surface area contributed by atoms with Crippen molar-refractivity contribution in [3.8, 4) is 0 Å². The molecule has 2 aromatic carbocycles. The summed E-state index contributed by atoms with van der Waals surface area (Å²) in [5.41, 5.74) is 1.05. The van der Waals surface area contributed by atoms with Crippen molar-refractivity contribution in [3.63, 3.8) is 0 Å². The summed E-state index contributed by atoms with van der Waals surface area (Å²) in [7, 11) is -3.96. The number of amidine groups is 1. The molecule has 0 saturated heterocycles. The second kappa shape index (κ2) is 9.71. The van der Waals surface area contributed by atoms with Gasteiger partial charge in [0.05, 0.1) is 17.0 Å². The number of ether oxygens (including phenoxy) is 1. The SMILES string of the molecule is CCOC(=O)/C(=C/c1ccccc1)C(=NC(C)(C)C)NS(=O)(=O)c1ccc(C)cc1. The largest absolute Gasteiger partial charge is 0.462 e. The number of sulfonamides is 1. The van der Waals surface area contributed by atoms with Crippen LogP contribution in [0.1, 0.15) is 38.8 Å². The molecular weight excluding hydrogens is 400 g/mol. The van der Waals surface area contributed by atoms with E-state index < -0.39 is 21.5 Å². The minimum absolute atomic E-state index is 0.0358. The lowest BCUT2D eigenvalue weighted by molar-refractivity contribution is -0.137. The number of hydrogen-bond donors (Lipinski definition) is 1. The predicted octanol–water partition coefficient (Wildman–Crippen LogP) is 4.12. The smallest absolute Gasteiger partial charge is 0.341 e. The molecule has 160 valence electrons. The van der Waals surface area contributed by atoms with E-state index in [1.54, 1.807) is 25.1 Å². The molecule has 2 aromatic rings. The maximum Gasteiger partial charge on any atom is 0.341 e. The van der Waals surface area contributed by atoms with Crippen LogP contribution in [0, 0.1) is 6.92 Å². The van der Waals surface area contributed by atoms with Gasteiger partial charge in [-0.2, -0.15) is 0 Å². The van der Waals surface area contributed by atoms with Crippen LogP contribution < -0.4 is 4.72 Å². The van der Waals surface area contributed by atoms with Gasteiger partial charge in [0, 0.05) is 0 Å². The van der Waals surface area contributed by atoms with Gasteiger partial charge in [0.1, 0.15) is 11.4 Å². The Morgan fingerprint density at radius 3 is 2.20 bits per heavy atom. The average Bonchev–Trinajstić information content (AvgIpc) is 2.65. The van der Waals surface area contributed by atoms with Crippen molar-refractivity contribution < 1.29 is 17.9 Å². The number of esters is 1. The van der Waals surface area contributed by atoms with Gasteiger partial charge in [-0.25, -0.2) is 13.2 Å². The van der Waals surface area contributed by atoms with Crippen molar-refractivity contribution in [1.82, 2.24) is 4.72 Å². The van der Waals surface area contributed by atoms with Crippen LogP contribution in [-0.4, -0.2) is 32.4 Å². The zero-order chi connectivity index (χ0) is 22.4. The van der Waals surface area contributed by atoms with Crippen LogP contribution in [0.4, 0.5) is 0 Å². The van der Waals surface area contributed by atoms with E-state index in [0.29, 0.717) is 0 Å². The van der Waals surface area contributed by atoms with Gasteiger partial charge in [-0.1, -0.05) is 48.0 Å². The molecule has 0 fully saturated rings. The first-order valence-corrected chi connectivity index (χ1v) is 11.1. The number of carbonyl (C=O) groups is 1. The van der Waals surface area contributed by atoms with Crippen LogP contribution in [0.25, 0.3) is 6.08 Å². The summed E-state index contributed by atoms with van der Waals surface area (Å²) in [5, 5.41) is 0. The van der Waals surface area contributed by atoms with Crippen LogP contribution in [0.15, 0.2) is 70.1 Å². The normalized spacial score (nSPS) is 13.1. The first kappa shape index (κ1) is 23.3. The molecule has 6 nitrogen and oxygen atoms in total. The fourth-order valence-electron chi connectivity index (χ4n) is 2.53. The molecule has 0 atom stereocenters. The standard InChI is InChI=1S/C23H28N2O4S/c1-6-29-22(26)20(16-18-10-8-7-9-11-18)21(24-23(3,4)5)25-30(27,28)19-14-12-17(2)13-15-19/h7-16H,6H2,1-5H3,(H,24,25)/b20-16+. The van der Waals surface area contributed by atoms with Crippen LogP contribution in [0.5, 0.6) is 0 Å². The highest BCUT2D eigenvalue weighted by molar-refractivity contribution is 7.90. The van der Waals surface area contributed by atoms with Gasteiger partial charge in [0.2, 0.25) is 0 Å². The van der Waals surface area contributed by atoms with Gasteiger partial charge < -0.3 is 4.74 Å². The summed E-state index contributed by atoms with van der Waals surface area (Å²) in [6.45, 7) is 9.17. The van der Waals surface area contributed by atoms with Crippen LogP contribution in [0.3, 0.4) is 0 Å². The van der Waals surface area contributed by atoms with E-state index in [-0.39, 0.29) is 22.9 Å². The van der Waals surface area contributed by atoms with Crippen molar-refractivity contribution in [1.29, 1.82) is 0 Å². The lowest BCUT2D eigenvalue weighted by Crippen LogP contribution is -2.36. The molecule has 0 heterocycles. The van der Waals surface area contributed by atoms with E-state index >= 15 is 0 Å². The minimum Gasteiger partial charge on any atom is -0.462 e. The molecule has 0 aliphatic heterocycles. The topological polar surface area (TPSA) is 84.8 Å². The molecule has 0 bridgehead atoms. The first-order chi connectivity index (χ1) is 14.0. The number of nitrogens with one attached hydrogen (secondary N) is 1. The number of rotatable bonds is 6. The van der Waals surface area contributed by atoms with Gasteiger partial charge in [-0.15, -0.1) is 0 Å². The number of aliphatic imine (C=N–C) groups is 1. The quantitative estimate of drug-likeness (QED) is 0.325. The molecule has 0 aliphatic carbocycles. The molecule has 0 spiro atoms. The minimum atomic E-state index is -3.96. The Kier molecular flexibility index (Phi) is 7.56. The molecule has 0 aliphatic rings. The average molecular weight is 429 g/mol. The lowest BCUT2D eigenvalue weighted by Gasteiger charge is -2.19. The molecule has 0 aromatic heterocycles. The van der Waals surface area contributed by atoms with E-state index in [0.717, 1.165) is 11.1 Å². The predicted molar refractivity (Wildman–Crippen MR) is 120 cm³/mol. The Hall–Kier alpha value is -2.93. The first-order valence-electron chi connectivity index (χ1n) is 9.65. The number of aryl methyl sites for hydroxylation is 1. The highest BCUT2D eigenvalue weighted by Crippen LogP contribution is 2.17. The Balaban J connectivity index is 2.59. The lowest BCUT2D eigenvalue weighted by atomic mass is 10.1. The van der Waals surface area contributed by atoms with E-state index in [4.69, 9.17) is 4.74 Å². The summed E-state index contributed by atoms with van der Waals surface area (Å²) in [4.78, 5) is 17.3. The second-order valence-corrected chi connectivity index (χ2v) is 9.42. The zero-order valence-electron chi connectivity index (χ0n) is 18.0. The van der Waals surface area contributed by atoms with Gasteiger partial charge in [0.25, 0.3) is 10.0 Å². The Bertz CT molecular complexity index is 1030. The number of carbonyl (C=O) groups excluding carboxylic acids is 1. The second-order valence-electron chi connectivity index (χ2n) is 7.74. The van der Waals surface area contributed by atoms with Gasteiger partial charge in [0.15, 0.2) is 0 Å². The van der Waals surface area contributed by atoms with Gasteiger partial charge in [-0.05, 0) is 58.4 Å². The molecule has 1 N–H and O–H groups in total. The van der Waals surface area contributed by atoms with Gasteiger partial charge >= 0.3 is 5.97 Å². The summed E-state index contributed by atoms with van der Waals surface area (Å²) in [6.07, 6.45) is 1.57. The van der Waals surface area contributed by atoms with Crippen molar-refractivity contribution >= 4 is 27.9 Å². The number of nitrogens with zero attached hydrogens (tertiary/aromatic N) is 1. The van der Waals surface area contributed by atoms with Gasteiger partial charge in [-0.3, -0.25) is 9.71 Å². The third-order valence-corrected chi connectivity index (χ3v) is 5.23. The van der Waals surface area contributed by atoms with Crippen LogP contribution >= 0.6 is 0 Å². The van der Waals surface area contributed by atoms with Crippen molar-refractivity contribution in [3.05, 3.63) is 71.3 Å². The van der Waals surface area contributed by atoms with E-state index in [1.165, 1.54) is 12.1 Å². The molecule has 7 heteroatoms. The van der Waals surface area contributed by atoms with Crippen molar-refractivity contribution in [2.45, 2.75) is 45.1 Å². The highest BCUT2D eigenvalue weighted by atomic mass is 32.2. The summed E-state index contributed by atoms with van der Waals surface area (Å²) in [5.74, 6) is -0.721. The van der Waals surface area contributed by atoms with Crippen LogP contribution in [-0.2, 0) is 19.6 Å². The fraction of sp³-hybridized carbons (Fsp3) is 0.304. The number of benzene rings is 2. The molecule has 0 saturated carbocycles. The Morgan fingerprint density at radius 1 is 1.07 bits per heavy atom. The summed E-state index contributed by atoms with van der Waals surface area (Å²) in [6, 6.07) is 15.6. The maximum atomic E-state index is 13.0. The summed E-state index contributed by atoms with van der Waals surface area (Å²) >= 11 is 0. The van der Waals surface area contributed by atoms with Crippen molar-refractivity contribution in [2.24, 2.45) is 4.99 Å². The van der Waals surface area contributed by atoms with E-state index in [9.17, 15) is 13.2 Å². The molecule has 0 amide bonds. The molecule has 30 heavy (non-hydrogen) atoms. The highest BCUT2D eigenvalue weighted by Gasteiger charge is 2.26. The third-order valence-electron chi connectivity index (χ3n) is 3.87. The third kappa shape index (κ3) is 6.84. The fourth-order valence-corrected chi connectivity index (χ4v) is 3.55. The Morgan fingerprint density at radius 2 is 1.67 bits per heavy atom. The zero-order valence-corrected chi connectivity index (χ0v) is 18.8. The molecular formula is C23H28N2O4S. The molecule has 0 unspecified atom stereocenters. The maximum absolute atomic E-state index is 13.0. The monoisotopic (exact) mass is 428 g/mol. The van der Waals surface area contributed by atoms with E-state index in [2.05, 4.69) is 9.71 Å². The number of hydrogen-bond acceptors (Lipinski definition) is 5. The Labute approximate surface area is 178 Å². The molecule has 2 rings (SSSR count). The molecule has 0 radical (unpaired) electrons. The van der Waals surface area contributed by atoms with E-state index in [1.807, 2.05) is 58.0 Å².